The largest absolute Gasteiger partial charge is 0.309 e. The van der Waals surface area contributed by atoms with E-state index in [0.29, 0.717) is 0 Å². The van der Waals surface area contributed by atoms with Crippen LogP contribution >= 0.6 is 12.4 Å². The van der Waals surface area contributed by atoms with Crippen LogP contribution in [0.2, 0.25) is 0 Å². The van der Waals surface area contributed by atoms with Gasteiger partial charge in [0.05, 0.1) is 17.9 Å². The van der Waals surface area contributed by atoms with Gasteiger partial charge in [-0.2, -0.15) is 5.10 Å². The molecule has 0 fully saturated rings. The molecule has 0 amide bonds. The van der Waals surface area contributed by atoms with E-state index in [4.69, 9.17) is 0 Å². The molecule has 3 nitrogen and oxygen atoms in total. The molecule has 12 heavy (non-hydrogen) atoms. The quantitative estimate of drug-likeness (QED) is 0.710. The molecule has 0 aliphatic carbocycles. The van der Waals surface area contributed by atoms with E-state index in [2.05, 4.69) is 28.1 Å². The first-order valence-corrected chi connectivity index (χ1v) is 4.16. The average molecular weight is 188 g/mol. The number of hydrogen-bond donors (Lipinski definition) is 1. The van der Waals surface area contributed by atoms with E-state index in [1.165, 1.54) is 11.4 Å². The lowest BCUT2D eigenvalue weighted by Crippen LogP contribution is -2.28. The van der Waals surface area contributed by atoms with Gasteiger partial charge in [-0.15, -0.1) is 12.4 Å². The zero-order valence-electron chi connectivity index (χ0n) is 7.21. The Labute approximate surface area is 78.6 Å². The van der Waals surface area contributed by atoms with Gasteiger partial charge in [0.2, 0.25) is 0 Å². The zero-order chi connectivity index (χ0) is 7.68. The van der Waals surface area contributed by atoms with E-state index in [-0.39, 0.29) is 12.4 Å². The first-order valence-electron chi connectivity index (χ1n) is 4.16. The lowest BCUT2D eigenvalue weighted by molar-refractivity contribution is 0.473. The summed E-state index contributed by atoms with van der Waals surface area (Å²) in [5, 5.41) is 7.76. The average Bonchev–Trinajstić information content (AvgIpc) is 2.46. The van der Waals surface area contributed by atoms with Gasteiger partial charge in [-0.1, -0.05) is 6.92 Å². The second-order valence-corrected chi connectivity index (χ2v) is 2.88. The molecule has 0 atom stereocenters. The minimum absolute atomic E-state index is 0. The summed E-state index contributed by atoms with van der Waals surface area (Å²) in [5.41, 5.74) is 2.54. The first-order chi connectivity index (χ1) is 5.40. The number of fused-ring (bicyclic) bond motifs is 1. The fourth-order valence-corrected chi connectivity index (χ4v) is 1.43. The highest BCUT2D eigenvalue weighted by molar-refractivity contribution is 5.85. The Bertz CT molecular complexity index is 233. The van der Waals surface area contributed by atoms with Gasteiger partial charge in [-0.3, -0.25) is 4.68 Å². The van der Waals surface area contributed by atoms with Crippen molar-refractivity contribution in [2.45, 2.75) is 26.4 Å². The highest BCUT2D eigenvalue weighted by atomic mass is 35.5. The van der Waals surface area contributed by atoms with Crippen molar-refractivity contribution in [3.8, 4) is 0 Å². The summed E-state index contributed by atoms with van der Waals surface area (Å²) in [6.45, 7) is 5.20. The predicted octanol–water partition coefficient (Wildman–Crippen LogP) is 0.970. The van der Waals surface area contributed by atoms with Crippen LogP contribution in [0.4, 0.5) is 0 Å². The molecule has 1 aliphatic heterocycles. The molecule has 2 heterocycles. The summed E-state index contributed by atoms with van der Waals surface area (Å²) in [5.74, 6) is 0. The Balaban J connectivity index is 0.000000720. The third-order valence-electron chi connectivity index (χ3n) is 2.08. The van der Waals surface area contributed by atoms with Crippen molar-refractivity contribution in [1.29, 1.82) is 0 Å². The molecule has 4 heteroatoms. The van der Waals surface area contributed by atoms with Gasteiger partial charge in [-0.25, -0.2) is 0 Å². The Morgan fingerprint density at radius 1 is 1.67 bits per heavy atom. The van der Waals surface area contributed by atoms with Crippen LogP contribution in [0.15, 0.2) is 6.07 Å². The number of nitrogens with zero attached hydrogens (tertiary/aromatic N) is 2. The molecular formula is C8H14ClN3. The smallest absolute Gasteiger partial charge is 0.0625 e. The van der Waals surface area contributed by atoms with Crippen LogP contribution in [0.5, 0.6) is 0 Å². The topological polar surface area (TPSA) is 29.9 Å². The minimum Gasteiger partial charge on any atom is -0.309 e. The van der Waals surface area contributed by atoms with Crippen LogP contribution in [0.25, 0.3) is 0 Å². The van der Waals surface area contributed by atoms with Gasteiger partial charge in [0.1, 0.15) is 0 Å². The zero-order valence-corrected chi connectivity index (χ0v) is 8.02. The van der Waals surface area contributed by atoms with E-state index in [9.17, 15) is 0 Å². The summed E-state index contributed by atoms with van der Waals surface area (Å²) in [6.07, 6.45) is 1.04. The second kappa shape index (κ2) is 3.92. The summed E-state index contributed by atoms with van der Waals surface area (Å²) < 4.78 is 2.11. The van der Waals surface area contributed by atoms with Crippen LogP contribution in [-0.2, 0) is 19.5 Å². The molecule has 1 N–H and O–H groups in total. The van der Waals surface area contributed by atoms with Crippen LogP contribution < -0.4 is 5.32 Å². The van der Waals surface area contributed by atoms with E-state index in [1.54, 1.807) is 0 Å². The molecule has 0 spiro atoms. The predicted molar refractivity (Wildman–Crippen MR) is 50.6 cm³/mol. The summed E-state index contributed by atoms with van der Waals surface area (Å²) >= 11 is 0. The fraction of sp³-hybridized carbons (Fsp3) is 0.625. The molecule has 0 saturated carbocycles. The number of aryl methyl sites for hydroxylation is 1. The van der Waals surface area contributed by atoms with E-state index in [1.807, 2.05) is 0 Å². The maximum Gasteiger partial charge on any atom is 0.0625 e. The van der Waals surface area contributed by atoms with E-state index < -0.39 is 0 Å². The van der Waals surface area contributed by atoms with Crippen molar-refractivity contribution in [2.75, 3.05) is 6.54 Å². The van der Waals surface area contributed by atoms with Gasteiger partial charge in [0.25, 0.3) is 0 Å². The maximum atomic E-state index is 4.45. The molecule has 0 radical (unpaired) electrons. The minimum atomic E-state index is 0. The third-order valence-corrected chi connectivity index (χ3v) is 2.08. The molecular weight excluding hydrogens is 174 g/mol. The standard InChI is InChI=1S/C8H13N3.ClH/c1-2-7-5-8-6-9-3-4-11(8)10-7;/h5,9H,2-4,6H2,1H3;1H. The maximum absolute atomic E-state index is 4.45. The normalized spacial score (nSPS) is 15.1. The Kier molecular flexibility index (Phi) is 3.12. The van der Waals surface area contributed by atoms with Gasteiger partial charge in [-0.05, 0) is 12.5 Å². The molecule has 0 unspecified atom stereocenters. The van der Waals surface area contributed by atoms with Crippen molar-refractivity contribution in [3.63, 3.8) is 0 Å². The molecule has 0 saturated heterocycles. The molecule has 1 aromatic rings. The van der Waals surface area contributed by atoms with Gasteiger partial charge in [0.15, 0.2) is 0 Å². The van der Waals surface area contributed by atoms with Crippen molar-refractivity contribution in [1.82, 2.24) is 15.1 Å². The lowest BCUT2D eigenvalue weighted by atomic mass is 10.3. The highest BCUT2D eigenvalue weighted by Crippen LogP contribution is 2.07. The van der Waals surface area contributed by atoms with Crippen LogP contribution in [-0.4, -0.2) is 16.3 Å². The number of nitrogens with one attached hydrogen (secondary N) is 1. The monoisotopic (exact) mass is 187 g/mol. The van der Waals surface area contributed by atoms with Crippen molar-refractivity contribution < 1.29 is 0 Å². The number of halogens is 1. The number of aromatic nitrogens is 2. The lowest BCUT2D eigenvalue weighted by Gasteiger charge is -2.13. The Hall–Kier alpha value is -0.540. The Morgan fingerprint density at radius 3 is 3.17 bits per heavy atom. The number of hydrogen-bond acceptors (Lipinski definition) is 2. The SMILES string of the molecule is CCc1cc2n(n1)CCNC2.Cl. The molecule has 1 aliphatic rings. The first kappa shape index (κ1) is 9.55. The molecule has 0 bridgehead atoms. The van der Waals surface area contributed by atoms with Crippen LogP contribution in [0.3, 0.4) is 0 Å². The van der Waals surface area contributed by atoms with E-state index >= 15 is 0 Å². The van der Waals surface area contributed by atoms with Crippen molar-refractivity contribution in [2.24, 2.45) is 0 Å². The fourth-order valence-electron chi connectivity index (χ4n) is 1.43. The van der Waals surface area contributed by atoms with Crippen molar-refractivity contribution >= 4 is 12.4 Å². The van der Waals surface area contributed by atoms with Gasteiger partial charge >= 0.3 is 0 Å². The number of rotatable bonds is 1. The molecule has 0 aromatic carbocycles. The van der Waals surface area contributed by atoms with Crippen LogP contribution in [0.1, 0.15) is 18.3 Å². The third kappa shape index (κ3) is 1.62. The molecule has 2 rings (SSSR count). The van der Waals surface area contributed by atoms with Gasteiger partial charge < -0.3 is 5.32 Å². The van der Waals surface area contributed by atoms with Crippen LogP contribution in [0, 0.1) is 0 Å². The Morgan fingerprint density at radius 2 is 2.50 bits per heavy atom. The van der Waals surface area contributed by atoms with Crippen molar-refractivity contribution in [3.05, 3.63) is 17.5 Å². The summed E-state index contributed by atoms with van der Waals surface area (Å²) in [7, 11) is 0. The summed E-state index contributed by atoms with van der Waals surface area (Å²) in [6, 6.07) is 2.19. The molecule has 68 valence electrons. The summed E-state index contributed by atoms with van der Waals surface area (Å²) in [4.78, 5) is 0. The highest BCUT2D eigenvalue weighted by Gasteiger charge is 2.09. The second-order valence-electron chi connectivity index (χ2n) is 2.88. The molecule has 1 aromatic heterocycles. The van der Waals surface area contributed by atoms with E-state index in [0.717, 1.165) is 26.1 Å². The van der Waals surface area contributed by atoms with Gasteiger partial charge in [0, 0.05) is 13.1 Å².